The van der Waals surface area contributed by atoms with Crippen LogP contribution in [0.3, 0.4) is 0 Å². The molecule has 1 aliphatic heterocycles. The summed E-state index contributed by atoms with van der Waals surface area (Å²) >= 11 is 0. The van der Waals surface area contributed by atoms with Gasteiger partial charge in [0.15, 0.2) is 0 Å². The van der Waals surface area contributed by atoms with Crippen molar-refractivity contribution in [3.8, 4) is 0 Å². The lowest BCUT2D eigenvalue weighted by Crippen LogP contribution is -2.43. The maximum Gasteiger partial charge on any atom is 0.336 e. The molecule has 0 bridgehead atoms. The SMILES string of the molecule is Cc1cc(=O)oc2cc(N3CCC3=O)ccc12. The van der Waals surface area contributed by atoms with E-state index in [1.807, 2.05) is 19.1 Å². The molecule has 86 valence electrons. The van der Waals surface area contributed by atoms with Crippen LogP contribution in [-0.2, 0) is 4.79 Å². The summed E-state index contributed by atoms with van der Waals surface area (Å²) in [6.07, 6.45) is 0.593. The minimum atomic E-state index is -0.359. The second-order valence-corrected chi connectivity index (χ2v) is 4.22. The largest absolute Gasteiger partial charge is 0.423 e. The molecule has 1 aromatic heterocycles. The number of anilines is 1. The molecular formula is C13H11NO3. The second-order valence-electron chi connectivity index (χ2n) is 4.22. The van der Waals surface area contributed by atoms with Crippen LogP contribution in [0.15, 0.2) is 33.5 Å². The first-order valence-electron chi connectivity index (χ1n) is 5.50. The molecule has 0 aliphatic carbocycles. The van der Waals surface area contributed by atoms with Gasteiger partial charge in [0, 0.05) is 36.2 Å². The Kier molecular flexibility index (Phi) is 2.04. The lowest BCUT2D eigenvalue weighted by Gasteiger charge is -2.30. The summed E-state index contributed by atoms with van der Waals surface area (Å²) in [5.41, 5.74) is 1.86. The summed E-state index contributed by atoms with van der Waals surface area (Å²) in [5.74, 6) is 0.111. The summed E-state index contributed by atoms with van der Waals surface area (Å²) in [4.78, 5) is 24.3. The van der Waals surface area contributed by atoms with E-state index in [4.69, 9.17) is 4.42 Å². The van der Waals surface area contributed by atoms with Gasteiger partial charge >= 0.3 is 5.63 Å². The van der Waals surface area contributed by atoms with E-state index in [-0.39, 0.29) is 11.5 Å². The van der Waals surface area contributed by atoms with Crippen LogP contribution < -0.4 is 10.5 Å². The molecule has 0 radical (unpaired) electrons. The third-order valence-electron chi connectivity index (χ3n) is 3.10. The molecule has 2 heterocycles. The zero-order valence-electron chi connectivity index (χ0n) is 9.40. The maximum absolute atomic E-state index is 11.3. The van der Waals surface area contributed by atoms with Gasteiger partial charge < -0.3 is 9.32 Å². The Labute approximate surface area is 97.5 Å². The molecule has 0 spiro atoms. The molecule has 0 unspecified atom stereocenters. The molecular weight excluding hydrogens is 218 g/mol. The zero-order chi connectivity index (χ0) is 12.0. The summed E-state index contributed by atoms with van der Waals surface area (Å²) < 4.78 is 5.14. The van der Waals surface area contributed by atoms with Crippen LogP contribution in [0.2, 0.25) is 0 Å². The first-order chi connectivity index (χ1) is 8.15. The average molecular weight is 229 g/mol. The van der Waals surface area contributed by atoms with Crippen LogP contribution in [0.25, 0.3) is 11.0 Å². The van der Waals surface area contributed by atoms with Crippen molar-refractivity contribution < 1.29 is 9.21 Å². The van der Waals surface area contributed by atoms with Gasteiger partial charge in [-0.2, -0.15) is 0 Å². The molecule has 1 aliphatic rings. The molecule has 1 fully saturated rings. The molecule has 3 rings (SSSR count). The van der Waals surface area contributed by atoms with Gasteiger partial charge in [-0.05, 0) is 24.6 Å². The fourth-order valence-electron chi connectivity index (χ4n) is 2.07. The van der Waals surface area contributed by atoms with E-state index in [9.17, 15) is 9.59 Å². The van der Waals surface area contributed by atoms with E-state index in [1.165, 1.54) is 6.07 Å². The van der Waals surface area contributed by atoms with Crippen LogP contribution in [0.4, 0.5) is 5.69 Å². The highest BCUT2D eigenvalue weighted by Crippen LogP contribution is 2.26. The third kappa shape index (κ3) is 1.53. The van der Waals surface area contributed by atoms with Crippen molar-refractivity contribution in [1.82, 2.24) is 0 Å². The standard InChI is InChI=1S/C13H11NO3/c1-8-6-13(16)17-11-7-9(2-3-10(8)11)14-5-4-12(14)15/h2-3,6-7H,4-5H2,1H3. The fraction of sp³-hybridized carbons (Fsp3) is 0.231. The van der Waals surface area contributed by atoms with Crippen LogP contribution in [0.1, 0.15) is 12.0 Å². The molecule has 0 N–H and O–H groups in total. The number of aryl methyl sites for hydroxylation is 1. The van der Waals surface area contributed by atoms with Gasteiger partial charge in [-0.25, -0.2) is 4.79 Å². The van der Waals surface area contributed by atoms with Crippen molar-refractivity contribution in [2.45, 2.75) is 13.3 Å². The second kappa shape index (κ2) is 3.45. The summed E-state index contributed by atoms with van der Waals surface area (Å²) in [5, 5.41) is 0.904. The summed E-state index contributed by atoms with van der Waals surface area (Å²) in [6.45, 7) is 2.61. The Morgan fingerprint density at radius 1 is 1.24 bits per heavy atom. The predicted molar refractivity (Wildman–Crippen MR) is 64.2 cm³/mol. The Morgan fingerprint density at radius 3 is 2.71 bits per heavy atom. The van der Waals surface area contributed by atoms with Crippen LogP contribution in [0, 0.1) is 6.92 Å². The fourth-order valence-corrected chi connectivity index (χ4v) is 2.07. The van der Waals surface area contributed by atoms with E-state index in [2.05, 4.69) is 0 Å². The molecule has 4 heteroatoms. The van der Waals surface area contributed by atoms with E-state index >= 15 is 0 Å². The normalized spacial score (nSPS) is 15.1. The topological polar surface area (TPSA) is 50.5 Å². The van der Waals surface area contributed by atoms with Crippen molar-refractivity contribution in [1.29, 1.82) is 0 Å². The van der Waals surface area contributed by atoms with Gasteiger partial charge in [0.05, 0.1) is 0 Å². The van der Waals surface area contributed by atoms with Crippen LogP contribution in [-0.4, -0.2) is 12.5 Å². The quantitative estimate of drug-likeness (QED) is 0.553. The number of hydrogen-bond donors (Lipinski definition) is 0. The first-order valence-corrected chi connectivity index (χ1v) is 5.50. The first kappa shape index (κ1) is 10.1. The molecule has 1 saturated heterocycles. The number of carbonyl (C=O) groups excluding carboxylic acids is 1. The van der Waals surface area contributed by atoms with E-state index in [1.54, 1.807) is 11.0 Å². The average Bonchev–Trinajstić information content (AvgIpc) is 2.26. The van der Waals surface area contributed by atoms with Gasteiger partial charge in [-0.15, -0.1) is 0 Å². The number of hydrogen-bond acceptors (Lipinski definition) is 3. The maximum atomic E-state index is 11.3. The minimum Gasteiger partial charge on any atom is -0.423 e. The van der Waals surface area contributed by atoms with Crippen LogP contribution >= 0.6 is 0 Å². The summed E-state index contributed by atoms with van der Waals surface area (Å²) in [7, 11) is 0. The minimum absolute atomic E-state index is 0.111. The van der Waals surface area contributed by atoms with E-state index in [0.717, 1.165) is 23.2 Å². The van der Waals surface area contributed by atoms with Crippen molar-refractivity contribution in [3.05, 3.63) is 40.2 Å². The number of benzene rings is 1. The van der Waals surface area contributed by atoms with Crippen LogP contribution in [0.5, 0.6) is 0 Å². The van der Waals surface area contributed by atoms with Gasteiger partial charge in [0.1, 0.15) is 5.58 Å². The highest BCUT2D eigenvalue weighted by Gasteiger charge is 2.25. The van der Waals surface area contributed by atoms with E-state index in [0.29, 0.717) is 12.0 Å². The molecule has 0 saturated carbocycles. The van der Waals surface area contributed by atoms with Crippen molar-refractivity contribution in [3.63, 3.8) is 0 Å². The molecule has 1 amide bonds. The monoisotopic (exact) mass is 229 g/mol. The molecule has 2 aromatic rings. The molecule has 0 atom stereocenters. The molecule has 1 aromatic carbocycles. The highest BCUT2D eigenvalue weighted by molar-refractivity contribution is 6.00. The number of rotatable bonds is 1. The predicted octanol–water partition coefficient (Wildman–Crippen LogP) is 1.84. The van der Waals surface area contributed by atoms with Gasteiger partial charge in [-0.1, -0.05) is 0 Å². The number of carbonyl (C=O) groups is 1. The van der Waals surface area contributed by atoms with Gasteiger partial charge in [-0.3, -0.25) is 4.79 Å². The van der Waals surface area contributed by atoms with Gasteiger partial charge in [0.25, 0.3) is 0 Å². The Bertz CT molecular complexity index is 672. The van der Waals surface area contributed by atoms with Crippen molar-refractivity contribution in [2.75, 3.05) is 11.4 Å². The van der Waals surface area contributed by atoms with Gasteiger partial charge in [0.2, 0.25) is 5.91 Å². The lowest BCUT2D eigenvalue weighted by atomic mass is 10.1. The summed E-state index contributed by atoms with van der Waals surface area (Å²) in [6, 6.07) is 6.98. The molecule has 4 nitrogen and oxygen atoms in total. The smallest absolute Gasteiger partial charge is 0.336 e. The number of nitrogens with zero attached hydrogens (tertiary/aromatic N) is 1. The Hall–Kier alpha value is -2.10. The third-order valence-corrected chi connectivity index (χ3v) is 3.10. The van der Waals surface area contributed by atoms with Crippen molar-refractivity contribution in [2.24, 2.45) is 0 Å². The Balaban J connectivity index is 2.18. The number of amides is 1. The van der Waals surface area contributed by atoms with E-state index < -0.39 is 0 Å². The van der Waals surface area contributed by atoms with Crippen molar-refractivity contribution >= 4 is 22.6 Å². The molecule has 17 heavy (non-hydrogen) atoms. The number of β-lactam (4-membered cyclic amide) rings is 1. The lowest BCUT2D eigenvalue weighted by molar-refractivity contribution is -0.122. The number of fused-ring (bicyclic) bond motifs is 1. The zero-order valence-corrected chi connectivity index (χ0v) is 9.40. The Morgan fingerprint density at radius 2 is 2.06 bits per heavy atom. The highest BCUT2D eigenvalue weighted by atomic mass is 16.4.